The Kier molecular flexibility index (Phi) is 4.72. The molecule has 0 saturated carbocycles. The van der Waals surface area contributed by atoms with Crippen molar-refractivity contribution in [1.29, 1.82) is 0 Å². The maximum absolute atomic E-state index is 11.2. The van der Waals surface area contributed by atoms with Crippen LogP contribution in [-0.2, 0) is 14.3 Å². The van der Waals surface area contributed by atoms with Crippen molar-refractivity contribution in [2.75, 3.05) is 11.5 Å². The molecule has 5 heteroatoms. The summed E-state index contributed by atoms with van der Waals surface area (Å²) in [5.74, 6) is -0.715. The van der Waals surface area contributed by atoms with Crippen LogP contribution in [0.25, 0.3) is 0 Å². The number of alkyl halides is 1. The second kappa shape index (κ2) is 5.83. The summed E-state index contributed by atoms with van der Waals surface area (Å²) in [5.41, 5.74) is 0.418. The Morgan fingerprint density at radius 3 is 2.81 bits per heavy atom. The van der Waals surface area contributed by atoms with Gasteiger partial charge in [0.15, 0.2) is 0 Å². The van der Waals surface area contributed by atoms with Gasteiger partial charge in [0.25, 0.3) is 0 Å². The molecule has 0 saturated heterocycles. The van der Waals surface area contributed by atoms with Crippen LogP contribution in [0.1, 0.15) is 6.92 Å². The molecule has 0 spiro atoms. The number of aliphatic hydroxyl groups excluding tert-OH is 1. The molecule has 1 aliphatic heterocycles. The Morgan fingerprint density at radius 2 is 2.31 bits per heavy atom. The first-order chi connectivity index (χ1) is 7.61. The Hall–Kier alpha value is -1.11. The zero-order valence-electron chi connectivity index (χ0n) is 8.99. The number of hydrogen-bond donors (Lipinski definition) is 1. The zero-order valence-corrected chi connectivity index (χ0v) is 11.1. The molecule has 0 aromatic rings. The van der Waals surface area contributed by atoms with Crippen LogP contribution in [0.15, 0.2) is 32.8 Å². The second-order valence-corrected chi connectivity index (χ2v) is 5.81. The van der Waals surface area contributed by atoms with Gasteiger partial charge in [0.2, 0.25) is 0 Å². The van der Waals surface area contributed by atoms with Gasteiger partial charge in [0, 0.05) is 0 Å². The molecule has 4 nitrogen and oxygen atoms in total. The molecule has 1 N–H and O–H groups in total. The molecule has 0 aromatic carbocycles. The summed E-state index contributed by atoms with van der Waals surface area (Å²) in [6.07, 6.45) is 4.29. The minimum atomic E-state index is -0.412. The Labute approximate surface area is 104 Å². The average molecular weight is 335 g/mol. The van der Waals surface area contributed by atoms with E-state index in [0.29, 0.717) is 9.15 Å². The summed E-state index contributed by atoms with van der Waals surface area (Å²) in [7, 11) is 1.32. The third kappa shape index (κ3) is 2.72. The summed E-state index contributed by atoms with van der Waals surface area (Å²) >= 11 is -0.412. The van der Waals surface area contributed by atoms with Crippen molar-refractivity contribution in [3.8, 4) is 0 Å². The van der Waals surface area contributed by atoms with Crippen LogP contribution in [0.4, 0.5) is 0 Å². The molecular formula is C11H12IO4-. The van der Waals surface area contributed by atoms with Crippen molar-refractivity contribution < 1.29 is 40.6 Å². The first-order valence-corrected chi connectivity index (χ1v) is 7.16. The number of aliphatic hydroxyl groups is 1. The van der Waals surface area contributed by atoms with Crippen LogP contribution >= 0.6 is 0 Å². The molecule has 16 heavy (non-hydrogen) atoms. The van der Waals surface area contributed by atoms with Crippen molar-refractivity contribution in [3.05, 3.63) is 32.8 Å². The van der Waals surface area contributed by atoms with Crippen LogP contribution in [0, 0.1) is 0 Å². The Balaban J connectivity index is 3.26. The molecule has 0 radical (unpaired) electrons. The predicted molar refractivity (Wildman–Crippen MR) is 54.4 cm³/mol. The van der Waals surface area contributed by atoms with Crippen molar-refractivity contribution in [2.24, 2.45) is 0 Å². The number of carbonyl (C=O) groups is 2. The van der Waals surface area contributed by atoms with Gasteiger partial charge in [-0.05, 0) is 0 Å². The van der Waals surface area contributed by atoms with Crippen molar-refractivity contribution in [3.63, 3.8) is 0 Å². The fraction of sp³-hybridized carbons (Fsp3) is 0.273. The summed E-state index contributed by atoms with van der Waals surface area (Å²) in [4.78, 5) is 22.0. The molecule has 0 aromatic heterocycles. The summed E-state index contributed by atoms with van der Waals surface area (Å²) in [6.45, 7) is 1.30. The van der Waals surface area contributed by atoms with E-state index < -0.39 is 21.2 Å². The van der Waals surface area contributed by atoms with E-state index in [0.717, 1.165) is 10.7 Å². The fourth-order valence-electron chi connectivity index (χ4n) is 1.26. The molecule has 1 heterocycles. The van der Waals surface area contributed by atoms with Crippen molar-refractivity contribution in [2.45, 2.75) is 6.92 Å². The van der Waals surface area contributed by atoms with Gasteiger partial charge >= 0.3 is 104 Å². The van der Waals surface area contributed by atoms with Gasteiger partial charge in [-0.3, -0.25) is 0 Å². The zero-order chi connectivity index (χ0) is 12.1. The predicted octanol–water partition coefficient (Wildman–Crippen LogP) is -1.90. The van der Waals surface area contributed by atoms with Crippen LogP contribution in [-0.4, -0.2) is 28.7 Å². The van der Waals surface area contributed by atoms with Crippen molar-refractivity contribution >= 4 is 12.1 Å². The third-order valence-corrected chi connectivity index (χ3v) is 4.56. The molecule has 0 bridgehead atoms. The molecule has 0 unspecified atom stereocenters. The minimum absolute atomic E-state index is 0.107. The molecule has 0 fully saturated rings. The van der Waals surface area contributed by atoms with Gasteiger partial charge < -0.3 is 0 Å². The summed E-state index contributed by atoms with van der Waals surface area (Å²) in [5, 5.41) is 9.89. The average Bonchev–Trinajstić information content (AvgIpc) is 2.29. The van der Waals surface area contributed by atoms with Crippen LogP contribution in [0.3, 0.4) is 0 Å². The van der Waals surface area contributed by atoms with Crippen LogP contribution in [0.2, 0.25) is 0 Å². The van der Waals surface area contributed by atoms with Gasteiger partial charge in [0.05, 0.1) is 0 Å². The standard InChI is InChI=1S/C11H12IO4/c1-7(14)11(16-2)10(15)8-4-3-5-12-9(8)6-13/h3-4,6,15H,5H2,1-2H3/q-1. The number of carbonyl (C=O) groups excluding carboxylic acids is 2. The van der Waals surface area contributed by atoms with E-state index in [-0.39, 0.29) is 17.3 Å². The van der Waals surface area contributed by atoms with Crippen LogP contribution < -0.4 is 21.2 Å². The molecule has 1 rings (SSSR count). The normalized spacial score (nSPS) is 17.4. The number of halogens is 1. The van der Waals surface area contributed by atoms with E-state index in [1.54, 1.807) is 6.08 Å². The van der Waals surface area contributed by atoms with E-state index in [4.69, 9.17) is 4.74 Å². The van der Waals surface area contributed by atoms with Crippen molar-refractivity contribution in [1.82, 2.24) is 0 Å². The SMILES string of the molecule is COC(C(C)=O)=C(O)C1=C(C=O)[I-]CC=C1. The number of ketones is 1. The maximum atomic E-state index is 11.2. The van der Waals surface area contributed by atoms with Gasteiger partial charge in [0.1, 0.15) is 0 Å². The van der Waals surface area contributed by atoms with Gasteiger partial charge in [-0.1, -0.05) is 0 Å². The topological polar surface area (TPSA) is 63.6 Å². The fourth-order valence-corrected chi connectivity index (χ4v) is 3.27. The Bertz CT molecular complexity index is 404. The molecule has 0 aliphatic carbocycles. The first kappa shape index (κ1) is 13.0. The number of hydrogen-bond acceptors (Lipinski definition) is 4. The number of Topliss-reactive ketones (excluding diaryl/α,β-unsaturated/α-hetero) is 1. The number of rotatable bonds is 4. The quantitative estimate of drug-likeness (QED) is 0.214. The molecule has 0 atom stereocenters. The third-order valence-electron chi connectivity index (χ3n) is 1.95. The van der Waals surface area contributed by atoms with E-state index in [1.807, 2.05) is 6.08 Å². The van der Waals surface area contributed by atoms with E-state index in [9.17, 15) is 14.7 Å². The monoisotopic (exact) mass is 335 g/mol. The summed E-state index contributed by atoms with van der Waals surface area (Å²) < 4.78 is 6.29. The molecular weight excluding hydrogens is 323 g/mol. The molecule has 1 aliphatic rings. The number of aldehydes is 1. The number of methoxy groups -OCH3 is 1. The second-order valence-electron chi connectivity index (χ2n) is 3.01. The van der Waals surface area contributed by atoms with Gasteiger partial charge in [-0.25, -0.2) is 0 Å². The number of ether oxygens (including phenoxy) is 1. The molecule has 0 amide bonds. The number of allylic oxidation sites excluding steroid dienone is 4. The molecule has 88 valence electrons. The van der Waals surface area contributed by atoms with E-state index >= 15 is 0 Å². The van der Waals surface area contributed by atoms with Gasteiger partial charge in [-0.15, -0.1) is 0 Å². The first-order valence-electron chi connectivity index (χ1n) is 4.55. The van der Waals surface area contributed by atoms with E-state index in [2.05, 4.69) is 0 Å². The van der Waals surface area contributed by atoms with E-state index in [1.165, 1.54) is 14.0 Å². The summed E-state index contributed by atoms with van der Waals surface area (Å²) in [6, 6.07) is 0. The van der Waals surface area contributed by atoms with Gasteiger partial charge in [-0.2, -0.15) is 0 Å². The Morgan fingerprint density at radius 1 is 1.62 bits per heavy atom. The van der Waals surface area contributed by atoms with Crippen LogP contribution in [0.5, 0.6) is 0 Å².